The van der Waals surface area contributed by atoms with Gasteiger partial charge in [-0.15, -0.1) is 0 Å². The van der Waals surface area contributed by atoms with Gasteiger partial charge in [0.05, 0.1) is 17.4 Å². The van der Waals surface area contributed by atoms with Gasteiger partial charge in [0.2, 0.25) is 0 Å². The maximum absolute atomic E-state index is 8.68. The molecule has 2 rings (SSSR count). The van der Waals surface area contributed by atoms with E-state index in [0.717, 1.165) is 16.6 Å². The maximum atomic E-state index is 8.68. The van der Waals surface area contributed by atoms with Crippen LogP contribution in [0.3, 0.4) is 0 Å². The van der Waals surface area contributed by atoms with E-state index >= 15 is 0 Å². The number of nitrogens with zero attached hydrogens (tertiary/aromatic N) is 4. The highest BCUT2D eigenvalue weighted by molar-refractivity contribution is 5.91. The molecule has 1 aromatic heterocycles. The molecule has 0 bridgehead atoms. The molecule has 0 amide bonds. The van der Waals surface area contributed by atoms with E-state index in [1.165, 1.54) is 0 Å². The molecule has 6 heteroatoms. The van der Waals surface area contributed by atoms with Gasteiger partial charge in [-0.2, -0.15) is 10.2 Å². The van der Waals surface area contributed by atoms with Crippen LogP contribution in [-0.2, 0) is 0 Å². The van der Waals surface area contributed by atoms with Crippen LogP contribution < -0.4 is 10.6 Å². The lowest BCUT2D eigenvalue weighted by atomic mass is 10.1. The number of hydrogen-bond donors (Lipinski definition) is 2. The van der Waals surface area contributed by atoms with Gasteiger partial charge in [0, 0.05) is 24.9 Å². The van der Waals surface area contributed by atoms with Gasteiger partial charge in [0.25, 0.3) is 0 Å². The standard InChI is InChI=1S/C13H17N5O/c1-9(13(14)17-19)8-18(2)12-7-15-16-11-6-4-3-5-10(11)12/h3-7,9,19H,8H2,1-2H3,(H2,14,17). The van der Waals surface area contributed by atoms with E-state index in [0.29, 0.717) is 6.54 Å². The summed E-state index contributed by atoms with van der Waals surface area (Å²) in [5.74, 6) is 0.167. The van der Waals surface area contributed by atoms with Crippen molar-refractivity contribution in [1.29, 1.82) is 0 Å². The van der Waals surface area contributed by atoms with Crippen LogP contribution in [0.4, 0.5) is 5.69 Å². The maximum Gasteiger partial charge on any atom is 0.143 e. The van der Waals surface area contributed by atoms with E-state index < -0.39 is 0 Å². The van der Waals surface area contributed by atoms with E-state index in [4.69, 9.17) is 10.9 Å². The minimum absolute atomic E-state index is 0.0538. The lowest BCUT2D eigenvalue weighted by molar-refractivity contribution is 0.314. The number of nitrogens with two attached hydrogens (primary N) is 1. The molecule has 6 nitrogen and oxygen atoms in total. The average molecular weight is 259 g/mol. The van der Waals surface area contributed by atoms with E-state index in [1.54, 1.807) is 6.20 Å². The molecule has 0 spiro atoms. The summed E-state index contributed by atoms with van der Waals surface area (Å²) >= 11 is 0. The van der Waals surface area contributed by atoms with Gasteiger partial charge in [-0.1, -0.05) is 30.3 Å². The molecule has 0 aliphatic carbocycles. The number of hydrogen-bond acceptors (Lipinski definition) is 5. The molecule has 0 aliphatic heterocycles. The summed E-state index contributed by atoms with van der Waals surface area (Å²) in [5.41, 5.74) is 7.43. The summed E-state index contributed by atoms with van der Waals surface area (Å²) in [6, 6.07) is 7.82. The Morgan fingerprint density at radius 2 is 2.21 bits per heavy atom. The second-order valence-electron chi connectivity index (χ2n) is 4.55. The lowest BCUT2D eigenvalue weighted by Crippen LogP contribution is -2.32. The van der Waals surface area contributed by atoms with Gasteiger partial charge in [0.15, 0.2) is 0 Å². The van der Waals surface area contributed by atoms with Crippen molar-refractivity contribution in [3.63, 3.8) is 0 Å². The van der Waals surface area contributed by atoms with Crippen LogP contribution in [0.15, 0.2) is 35.6 Å². The molecular weight excluding hydrogens is 242 g/mol. The number of anilines is 1. The first-order valence-corrected chi connectivity index (χ1v) is 6.02. The van der Waals surface area contributed by atoms with Crippen molar-refractivity contribution in [3.8, 4) is 0 Å². The predicted octanol–water partition coefficient (Wildman–Crippen LogP) is 1.45. The van der Waals surface area contributed by atoms with Crippen LogP contribution in [0.25, 0.3) is 10.9 Å². The SMILES string of the molecule is CC(CN(C)c1cnnc2ccccc12)C(N)=NO. The van der Waals surface area contributed by atoms with Gasteiger partial charge in [-0.3, -0.25) is 0 Å². The third-order valence-corrected chi connectivity index (χ3v) is 3.10. The van der Waals surface area contributed by atoms with Gasteiger partial charge in [-0.05, 0) is 6.07 Å². The molecule has 2 aromatic rings. The summed E-state index contributed by atoms with van der Waals surface area (Å²) in [7, 11) is 1.95. The highest BCUT2D eigenvalue weighted by Crippen LogP contribution is 2.23. The second kappa shape index (κ2) is 5.51. The summed E-state index contributed by atoms with van der Waals surface area (Å²) < 4.78 is 0. The van der Waals surface area contributed by atoms with E-state index in [-0.39, 0.29) is 11.8 Å². The quantitative estimate of drug-likeness (QED) is 0.375. The number of aromatic nitrogens is 2. The Balaban J connectivity index is 2.29. The van der Waals surface area contributed by atoms with Crippen LogP contribution in [0, 0.1) is 5.92 Å². The smallest absolute Gasteiger partial charge is 0.143 e. The van der Waals surface area contributed by atoms with Crippen molar-refractivity contribution >= 4 is 22.4 Å². The molecule has 0 aliphatic rings. The Morgan fingerprint density at radius 1 is 1.47 bits per heavy atom. The van der Waals surface area contributed by atoms with Crippen molar-refractivity contribution < 1.29 is 5.21 Å². The summed E-state index contributed by atoms with van der Waals surface area (Å²) in [6.07, 6.45) is 1.72. The van der Waals surface area contributed by atoms with Crippen molar-refractivity contribution in [3.05, 3.63) is 30.5 Å². The molecule has 0 radical (unpaired) electrons. The molecule has 0 saturated heterocycles. The monoisotopic (exact) mass is 259 g/mol. The first-order chi connectivity index (χ1) is 9.13. The number of oxime groups is 1. The van der Waals surface area contributed by atoms with Gasteiger partial charge < -0.3 is 15.8 Å². The van der Waals surface area contributed by atoms with Crippen molar-refractivity contribution in [2.75, 3.05) is 18.5 Å². The Morgan fingerprint density at radius 3 is 2.95 bits per heavy atom. The highest BCUT2D eigenvalue weighted by Gasteiger charge is 2.13. The Labute approximate surface area is 111 Å². The zero-order valence-corrected chi connectivity index (χ0v) is 11.0. The fourth-order valence-corrected chi connectivity index (χ4v) is 2.00. The van der Waals surface area contributed by atoms with E-state index in [2.05, 4.69) is 15.4 Å². The molecule has 3 N–H and O–H groups in total. The lowest BCUT2D eigenvalue weighted by Gasteiger charge is -2.23. The molecule has 0 fully saturated rings. The number of benzene rings is 1. The number of fused-ring (bicyclic) bond motifs is 1. The zero-order chi connectivity index (χ0) is 13.8. The fraction of sp³-hybridized carbons (Fsp3) is 0.308. The van der Waals surface area contributed by atoms with Crippen LogP contribution in [0.1, 0.15) is 6.92 Å². The molecule has 19 heavy (non-hydrogen) atoms. The first-order valence-electron chi connectivity index (χ1n) is 6.02. The summed E-state index contributed by atoms with van der Waals surface area (Å²) in [4.78, 5) is 2.03. The minimum Gasteiger partial charge on any atom is -0.409 e. The minimum atomic E-state index is -0.0538. The largest absolute Gasteiger partial charge is 0.409 e. The van der Waals surface area contributed by atoms with Crippen molar-refractivity contribution in [1.82, 2.24) is 10.2 Å². The third kappa shape index (κ3) is 2.73. The zero-order valence-electron chi connectivity index (χ0n) is 11.0. The molecule has 1 unspecified atom stereocenters. The van der Waals surface area contributed by atoms with E-state index in [9.17, 15) is 0 Å². The fourth-order valence-electron chi connectivity index (χ4n) is 2.00. The second-order valence-corrected chi connectivity index (χ2v) is 4.55. The summed E-state index contributed by atoms with van der Waals surface area (Å²) in [5, 5.41) is 20.8. The van der Waals surface area contributed by atoms with Gasteiger partial charge in [-0.25, -0.2) is 0 Å². The topological polar surface area (TPSA) is 87.6 Å². The van der Waals surface area contributed by atoms with Crippen LogP contribution in [0.2, 0.25) is 0 Å². The summed E-state index contributed by atoms with van der Waals surface area (Å²) in [6.45, 7) is 2.54. The van der Waals surface area contributed by atoms with Crippen LogP contribution in [-0.4, -0.2) is 34.8 Å². The Hall–Kier alpha value is -2.37. The molecule has 1 heterocycles. The molecule has 0 saturated carbocycles. The van der Waals surface area contributed by atoms with Crippen molar-refractivity contribution in [2.24, 2.45) is 16.8 Å². The van der Waals surface area contributed by atoms with Crippen LogP contribution in [0.5, 0.6) is 0 Å². The molecular formula is C13H17N5O. The van der Waals surface area contributed by atoms with Crippen molar-refractivity contribution in [2.45, 2.75) is 6.92 Å². The number of amidine groups is 1. The molecule has 1 atom stereocenters. The normalized spacial score (nSPS) is 13.5. The molecule has 100 valence electrons. The van der Waals surface area contributed by atoms with Crippen LogP contribution >= 0.6 is 0 Å². The van der Waals surface area contributed by atoms with Gasteiger partial charge in [0.1, 0.15) is 5.84 Å². The Kier molecular flexibility index (Phi) is 3.79. The molecule has 1 aromatic carbocycles. The predicted molar refractivity (Wildman–Crippen MR) is 75.4 cm³/mol. The third-order valence-electron chi connectivity index (χ3n) is 3.10. The Bertz CT molecular complexity index is 593. The first kappa shape index (κ1) is 13.1. The van der Waals surface area contributed by atoms with E-state index in [1.807, 2.05) is 43.1 Å². The van der Waals surface area contributed by atoms with Gasteiger partial charge >= 0.3 is 0 Å². The highest BCUT2D eigenvalue weighted by atomic mass is 16.4. The average Bonchev–Trinajstić information content (AvgIpc) is 2.45. The number of rotatable bonds is 4.